The topological polar surface area (TPSA) is 86.7 Å². The number of hydrogen-bond acceptors (Lipinski definition) is 6. The van der Waals surface area contributed by atoms with E-state index in [1.165, 1.54) is 60.8 Å². The highest BCUT2D eigenvalue weighted by molar-refractivity contribution is 9.11. The third kappa shape index (κ3) is 12.5. The first kappa shape index (κ1) is 47.6. The Hall–Kier alpha value is -2.40. The van der Waals surface area contributed by atoms with Crippen molar-refractivity contribution in [2.45, 2.75) is 141 Å². The minimum atomic E-state index is 0.321. The number of carbonyl (C=O) groups excluding carboxylic acids is 4. The van der Waals surface area contributed by atoms with Crippen LogP contribution in [0, 0.1) is 0 Å². The Kier molecular flexibility index (Phi) is 17.0. The van der Waals surface area contributed by atoms with Crippen molar-refractivity contribution in [3.63, 3.8) is 0 Å². The van der Waals surface area contributed by atoms with E-state index < -0.39 is 0 Å². The lowest BCUT2D eigenvalue weighted by atomic mass is 9.87. The summed E-state index contributed by atoms with van der Waals surface area (Å²) in [5.74, 6) is 1.30. The monoisotopic (exact) mass is 1040 g/mol. The number of ketones is 4. The van der Waals surface area contributed by atoms with E-state index in [0.29, 0.717) is 99.9 Å². The molecule has 0 atom stereocenters. The summed E-state index contributed by atoms with van der Waals surface area (Å²) in [6.07, 6.45) is 16.2. The maximum Gasteiger partial charge on any atom is 0.137 e. The molecule has 6 aliphatic rings. The Morgan fingerprint density at radius 3 is 1.50 bits per heavy atom. The highest BCUT2D eigenvalue weighted by Gasteiger charge is 2.24. The fourth-order valence-electron chi connectivity index (χ4n) is 8.42. The average molecular weight is 1050 g/mol. The fraction of sp³-hybridized carbons (Fsp3) is 0.440. The number of carbonyl (C=O) groups is 4. The first-order valence-electron chi connectivity index (χ1n) is 21.6. The summed E-state index contributed by atoms with van der Waals surface area (Å²) in [4.78, 5) is 45.3. The van der Waals surface area contributed by atoms with E-state index in [0.717, 1.165) is 88.1 Å². The van der Waals surface area contributed by atoms with Crippen LogP contribution in [0.2, 0.25) is 20.1 Å². The number of hydrogen-bond donors (Lipinski definition) is 0. The van der Waals surface area contributed by atoms with E-state index in [2.05, 4.69) is 37.9 Å². The smallest absolute Gasteiger partial charge is 0.137 e. The highest BCUT2D eigenvalue weighted by atomic mass is 79.9. The van der Waals surface area contributed by atoms with Crippen LogP contribution in [0.1, 0.15) is 120 Å². The molecule has 0 spiro atoms. The van der Waals surface area contributed by atoms with E-state index in [4.69, 9.17) is 55.9 Å². The average Bonchev–Trinajstić information content (AvgIpc) is 3.20. The molecule has 10 rings (SSSR count). The van der Waals surface area contributed by atoms with Crippen molar-refractivity contribution in [3.8, 4) is 0 Å². The van der Waals surface area contributed by atoms with Gasteiger partial charge in [0.05, 0.1) is 35.5 Å². The van der Waals surface area contributed by atoms with Crippen molar-refractivity contribution in [2.24, 2.45) is 0 Å². The van der Waals surface area contributed by atoms with Crippen LogP contribution < -0.4 is 0 Å². The summed E-state index contributed by atoms with van der Waals surface area (Å²) in [5, 5.41) is 3.02. The second kappa shape index (κ2) is 22.2. The van der Waals surface area contributed by atoms with E-state index in [1.54, 1.807) is 0 Å². The third-order valence-corrected chi connectivity index (χ3v) is 16.0. The molecule has 4 aromatic carbocycles. The largest absolute Gasteiger partial charge is 0.373 e. The molecule has 2 saturated carbocycles. The molecule has 0 aromatic heterocycles. The molecule has 62 heavy (non-hydrogen) atoms. The molecule has 0 saturated heterocycles. The van der Waals surface area contributed by atoms with Gasteiger partial charge in [0.25, 0.3) is 0 Å². The van der Waals surface area contributed by atoms with Gasteiger partial charge in [-0.25, -0.2) is 0 Å². The van der Waals surface area contributed by atoms with E-state index in [-0.39, 0.29) is 0 Å². The second-order valence-electron chi connectivity index (χ2n) is 17.0. The van der Waals surface area contributed by atoms with Crippen molar-refractivity contribution in [2.75, 3.05) is 0 Å². The van der Waals surface area contributed by atoms with Gasteiger partial charge in [-0.15, -0.1) is 0 Å². The minimum Gasteiger partial charge on any atom is -0.373 e. The molecule has 0 heterocycles. The first-order valence-corrected chi connectivity index (χ1v) is 24.7. The van der Waals surface area contributed by atoms with Crippen molar-refractivity contribution in [3.05, 3.63) is 133 Å². The van der Waals surface area contributed by atoms with Gasteiger partial charge in [-0.3, -0.25) is 19.2 Å². The molecule has 0 radical (unpaired) electrons. The van der Waals surface area contributed by atoms with Crippen LogP contribution in [0.4, 0.5) is 0 Å². The van der Waals surface area contributed by atoms with Crippen LogP contribution in [0.15, 0.2) is 57.5 Å². The van der Waals surface area contributed by atoms with E-state index in [9.17, 15) is 19.2 Å². The zero-order valence-corrected chi connectivity index (χ0v) is 40.8. The van der Waals surface area contributed by atoms with Gasteiger partial charge in [0.15, 0.2) is 0 Å². The highest BCUT2D eigenvalue weighted by Crippen LogP contribution is 2.35. The zero-order chi connectivity index (χ0) is 43.9. The quantitative estimate of drug-likeness (QED) is 0.191. The van der Waals surface area contributed by atoms with Crippen LogP contribution in [-0.4, -0.2) is 35.3 Å². The first-order chi connectivity index (χ1) is 29.8. The molecule has 2 fully saturated rings. The summed E-state index contributed by atoms with van der Waals surface area (Å²) in [7, 11) is 0. The fourth-order valence-corrected chi connectivity index (χ4v) is 10.2. The predicted octanol–water partition coefficient (Wildman–Crippen LogP) is 13.3. The van der Waals surface area contributed by atoms with Crippen molar-refractivity contribution < 1.29 is 28.7 Å². The standard InChI is InChI=1S/2C15H17ClO2.2C10H8BrClO/c16-15-7-4-10-8-11(17)5-6-13(10)14(15)9-18-12-2-1-3-12;16-15-8-10-4-5-13(17)7-11(10)6-12(15)9-18-14-2-1-3-14;11-10-8-3-2-7(13)5-6(8)1-4-9(10)12;11-9-4-7-3-8(13)2-1-6(7)5-10(9)12/h4,7,12H,1-3,5-6,8-9H2;6,8,14H,1-5,7,9H2;1,4H,2-3,5H2;4-5H,1-3H2. The van der Waals surface area contributed by atoms with Gasteiger partial charge in [-0.1, -0.05) is 64.6 Å². The molecule has 0 aliphatic heterocycles. The molecule has 328 valence electrons. The van der Waals surface area contributed by atoms with Gasteiger partial charge in [0.2, 0.25) is 0 Å². The molecule has 0 unspecified atom stereocenters. The van der Waals surface area contributed by atoms with Crippen LogP contribution in [0.5, 0.6) is 0 Å². The lowest BCUT2D eigenvalue weighted by Crippen LogP contribution is -2.22. The molecule has 0 bridgehead atoms. The van der Waals surface area contributed by atoms with Crippen molar-refractivity contribution in [1.29, 1.82) is 0 Å². The Bertz CT molecular complexity index is 2340. The Morgan fingerprint density at radius 1 is 0.468 bits per heavy atom. The van der Waals surface area contributed by atoms with Crippen molar-refractivity contribution >= 4 is 101 Å². The number of aryl methyl sites for hydroxylation is 2. The second-order valence-corrected chi connectivity index (χ2v) is 20.3. The number of fused-ring (bicyclic) bond motifs is 4. The summed E-state index contributed by atoms with van der Waals surface area (Å²) < 4.78 is 13.5. The van der Waals surface area contributed by atoms with Gasteiger partial charge in [-0.2, -0.15) is 0 Å². The molecular formula is C50H50Br2Cl4O6. The Balaban J connectivity index is 0.000000126. The number of benzene rings is 4. The molecule has 6 aliphatic carbocycles. The molecule has 12 heteroatoms. The summed E-state index contributed by atoms with van der Waals surface area (Å²) >= 11 is 31.2. The lowest BCUT2D eigenvalue weighted by Gasteiger charge is -2.27. The van der Waals surface area contributed by atoms with Gasteiger partial charge < -0.3 is 9.47 Å². The van der Waals surface area contributed by atoms with Gasteiger partial charge in [-0.05, 0) is 182 Å². The number of halogens is 6. The van der Waals surface area contributed by atoms with Gasteiger partial charge >= 0.3 is 0 Å². The van der Waals surface area contributed by atoms with Crippen molar-refractivity contribution in [1.82, 2.24) is 0 Å². The summed E-state index contributed by atoms with van der Waals surface area (Å²) in [6, 6.07) is 15.7. The molecule has 0 N–H and O–H groups in total. The lowest BCUT2D eigenvalue weighted by molar-refractivity contribution is -0.119. The molecular weight excluding hydrogens is 998 g/mol. The SMILES string of the molecule is O=C1CCc2c(ccc(Cl)c2Br)C1.O=C1CCc2c(ccc(Cl)c2COC2CCC2)C1.O=C1CCc2cc(Cl)c(Br)cc2C1.O=C1CCc2cc(Cl)c(COC3CCC3)cc2C1. The number of ether oxygens (including phenoxy) is 2. The predicted molar refractivity (Wildman–Crippen MR) is 254 cm³/mol. The van der Waals surface area contributed by atoms with E-state index in [1.807, 2.05) is 42.5 Å². The maximum absolute atomic E-state index is 11.5. The Morgan fingerprint density at radius 2 is 0.935 bits per heavy atom. The van der Waals surface area contributed by atoms with Gasteiger partial charge in [0.1, 0.15) is 23.1 Å². The number of Topliss-reactive ketones (excluding diaryl/α,β-unsaturated/α-hetero) is 4. The molecule has 4 aromatic rings. The van der Waals surface area contributed by atoms with Crippen LogP contribution in [0.25, 0.3) is 0 Å². The minimum absolute atomic E-state index is 0.321. The zero-order valence-electron chi connectivity index (χ0n) is 34.6. The summed E-state index contributed by atoms with van der Waals surface area (Å²) in [5.41, 5.74) is 11.5. The maximum atomic E-state index is 11.5. The van der Waals surface area contributed by atoms with E-state index >= 15 is 0 Å². The summed E-state index contributed by atoms with van der Waals surface area (Å²) in [6.45, 7) is 1.17. The Labute approximate surface area is 401 Å². The third-order valence-electron chi connectivity index (χ3n) is 12.6. The molecule has 6 nitrogen and oxygen atoms in total. The van der Waals surface area contributed by atoms with Gasteiger partial charge in [0, 0.05) is 70.4 Å². The molecule has 0 amide bonds. The number of rotatable bonds is 6. The normalized spacial score (nSPS) is 17.9. The van der Waals surface area contributed by atoms with Crippen LogP contribution in [0.3, 0.4) is 0 Å². The van der Waals surface area contributed by atoms with Crippen LogP contribution in [-0.2, 0) is 93.2 Å². The van der Waals surface area contributed by atoms with Crippen LogP contribution >= 0.6 is 78.3 Å².